The Morgan fingerprint density at radius 3 is 2.42 bits per heavy atom. The summed E-state index contributed by atoms with van der Waals surface area (Å²) in [4.78, 5) is 19.1. The molecule has 0 aromatic carbocycles. The van der Waals surface area contributed by atoms with Gasteiger partial charge in [0.25, 0.3) is 0 Å². The zero-order chi connectivity index (χ0) is 19.3. The van der Waals surface area contributed by atoms with Crippen molar-refractivity contribution >= 4 is 34.4 Å². The lowest BCUT2D eigenvalue weighted by molar-refractivity contribution is 0.200. The Labute approximate surface area is 164 Å². The maximum Gasteiger partial charge on any atom is 0.410 e. The van der Waals surface area contributed by atoms with Crippen molar-refractivity contribution in [3.8, 4) is 0 Å². The Morgan fingerprint density at radius 2 is 1.85 bits per heavy atom. The predicted octanol–water partition coefficient (Wildman–Crippen LogP) is 5.64. The molecule has 1 amide bonds. The van der Waals surface area contributed by atoms with E-state index in [0.29, 0.717) is 5.17 Å². The van der Waals surface area contributed by atoms with E-state index in [2.05, 4.69) is 46.9 Å². The van der Waals surface area contributed by atoms with Gasteiger partial charge in [-0.05, 0) is 47.6 Å². The zero-order valence-corrected chi connectivity index (χ0v) is 18.3. The van der Waals surface area contributed by atoms with Crippen LogP contribution in [0.25, 0.3) is 0 Å². The van der Waals surface area contributed by atoms with Crippen molar-refractivity contribution in [1.82, 2.24) is 5.32 Å². The van der Waals surface area contributed by atoms with Gasteiger partial charge in [-0.3, -0.25) is 10.3 Å². The van der Waals surface area contributed by atoms with E-state index in [-0.39, 0.29) is 16.4 Å². The van der Waals surface area contributed by atoms with Crippen LogP contribution in [0.1, 0.15) is 81.7 Å². The van der Waals surface area contributed by atoms with E-state index in [9.17, 15) is 4.79 Å². The second kappa shape index (κ2) is 6.55. The molecule has 2 N–H and O–H groups in total. The van der Waals surface area contributed by atoms with Crippen molar-refractivity contribution in [3.63, 3.8) is 0 Å². The number of thioether (sulfide) groups is 1. The van der Waals surface area contributed by atoms with Crippen LogP contribution in [0.3, 0.4) is 0 Å². The fraction of sp³-hybridized carbons (Fsp3) is 0.700. The van der Waals surface area contributed by atoms with Gasteiger partial charge in [-0.1, -0.05) is 53.3 Å². The third kappa shape index (κ3) is 3.55. The highest BCUT2D eigenvalue weighted by atomic mass is 32.2. The molecule has 3 rings (SSSR count). The molecule has 0 bridgehead atoms. The zero-order valence-electron chi connectivity index (χ0n) is 16.7. The molecule has 4 nitrogen and oxygen atoms in total. The second-order valence-electron chi connectivity index (χ2n) is 9.44. The molecule has 0 saturated carbocycles. The molecular formula is C20H30N2O2S2. The summed E-state index contributed by atoms with van der Waals surface area (Å²) in [6, 6.07) is 0. The number of rotatable bonds is 0. The lowest BCUT2D eigenvalue weighted by atomic mass is 9.69. The fourth-order valence-corrected chi connectivity index (χ4v) is 6.91. The molecule has 144 valence electrons. The molecule has 26 heavy (non-hydrogen) atoms. The van der Waals surface area contributed by atoms with E-state index in [4.69, 9.17) is 10.1 Å². The molecule has 2 aliphatic rings. The number of nitrogens with zero attached hydrogens (tertiary/aromatic N) is 1. The standard InChI is InChI=1S/C20H30N2O2S2/c1-18(2,3)14-13-12(26-15(14)19(4,5)6)8-7-9-20(13)10-11-25-16(22-20)21-17(23)24/h7-11H2,1-6H3,(H,21,22)(H,23,24). The first-order valence-corrected chi connectivity index (χ1v) is 11.1. The number of carboxylic acid groups (broad SMARTS) is 1. The lowest BCUT2D eigenvalue weighted by Gasteiger charge is -2.40. The Kier molecular flexibility index (Phi) is 4.98. The Bertz CT molecular complexity index is 753. The number of fused-ring (bicyclic) bond motifs is 2. The summed E-state index contributed by atoms with van der Waals surface area (Å²) < 4.78 is 0. The number of hydrogen-bond donors (Lipinski definition) is 2. The SMILES string of the molecule is CC(C)(C)c1sc2c(c1C(C)(C)C)C1(CCC2)CCSC(NC(=O)O)=N1. The molecule has 1 aromatic heterocycles. The third-order valence-corrected chi connectivity index (χ3v) is 7.71. The van der Waals surface area contributed by atoms with Gasteiger partial charge in [-0.2, -0.15) is 0 Å². The van der Waals surface area contributed by atoms with Crippen molar-refractivity contribution in [2.24, 2.45) is 4.99 Å². The van der Waals surface area contributed by atoms with Gasteiger partial charge in [0.15, 0.2) is 5.17 Å². The molecule has 0 saturated heterocycles. The van der Waals surface area contributed by atoms with Crippen LogP contribution in [-0.4, -0.2) is 22.1 Å². The maximum absolute atomic E-state index is 11.1. The summed E-state index contributed by atoms with van der Waals surface area (Å²) in [6.45, 7) is 13.8. The van der Waals surface area contributed by atoms with Crippen LogP contribution < -0.4 is 5.32 Å². The van der Waals surface area contributed by atoms with E-state index in [1.54, 1.807) is 0 Å². The van der Waals surface area contributed by atoms with Crippen LogP contribution >= 0.6 is 23.1 Å². The van der Waals surface area contributed by atoms with Gasteiger partial charge in [-0.25, -0.2) is 4.79 Å². The normalized spacial score (nSPS) is 23.5. The van der Waals surface area contributed by atoms with Crippen molar-refractivity contribution < 1.29 is 9.90 Å². The maximum atomic E-state index is 11.1. The Balaban J connectivity index is 2.24. The minimum atomic E-state index is -1.03. The molecule has 2 heterocycles. The first-order chi connectivity index (χ1) is 11.9. The molecule has 1 atom stereocenters. The lowest BCUT2D eigenvalue weighted by Crippen LogP contribution is -2.39. The van der Waals surface area contributed by atoms with E-state index in [1.807, 2.05) is 11.3 Å². The van der Waals surface area contributed by atoms with E-state index < -0.39 is 6.09 Å². The number of nitrogens with one attached hydrogen (secondary N) is 1. The van der Waals surface area contributed by atoms with Crippen LogP contribution in [0.5, 0.6) is 0 Å². The minimum absolute atomic E-state index is 0.0392. The van der Waals surface area contributed by atoms with Gasteiger partial charge in [0, 0.05) is 15.5 Å². The Hall–Kier alpha value is -1.01. The van der Waals surface area contributed by atoms with Crippen LogP contribution in [-0.2, 0) is 22.8 Å². The quantitative estimate of drug-likeness (QED) is 0.599. The molecule has 6 heteroatoms. The van der Waals surface area contributed by atoms with Crippen LogP contribution in [0, 0.1) is 0 Å². The summed E-state index contributed by atoms with van der Waals surface area (Å²) in [5, 5.41) is 12.2. The monoisotopic (exact) mass is 394 g/mol. The molecule has 0 radical (unpaired) electrons. The number of thiophene rings is 1. The topological polar surface area (TPSA) is 61.7 Å². The highest BCUT2D eigenvalue weighted by molar-refractivity contribution is 8.13. The minimum Gasteiger partial charge on any atom is -0.465 e. The molecule has 1 aromatic rings. The summed E-state index contributed by atoms with van der Waals surface area (Å²) in [7, 11) is 0. The van der Waals surface area contributed by atoms with Crippen molar-refractivity contribution in [3.05, 3.63) is 20.9 Å². The molecule has 1 unspecified atom stereocenters. The van der Waals surface area contributed by atoms with E-state index >= 15 is 0 Å². The van der Waals surface area contributed by atoms with Crippen LogP contribution in [0.15, 0.2) is 4.99 Å². The molecule has 1 aliphatic carbocycles. The fourth-order valence-electron chi connectivity index (χ4n) is 4.17. The number of aliphatic imine (C=N–C) groups is 1. The highest BCUT2D eigenvalue weighted by Crippen LogP contribution is 2.54. The molecule has 1 aliphatic heterocycles. The second-order valence-corrected chi connectivity index (χ2v) is 11.6. The largest absolute Gasteiger partial charge is 0.465 e. The van der Waals surface area contributed by atoms with Gasteiger partial charge in [0.1, 0.15) is 0 Å². The molecule has 0 fully saturated rings. The van der Waals surface area contributed by atoms with Crippen molar-refractivity contribution in [2.75, 3.05) is 5.75 Å². The van der Waals surface area contributed by atoms with Crippen LogP contribution in [0.4, 0.5) is 4.79 Å². The first kappa shape index (κ1) is 19.7. The van der Waals surface area contributed by atoms with Gasteiger partial charge in [-0.15, -0.1) is 11.3 Å². The smallest absolute Gasteiger partial charge is 0.410 e. The number of amides is 1. The van der Waals surface area contributed by atoms with Crippen LogP contribution in [0.2, 0.25) is 0 Å². The number of amidine groups is 1. The van der Waals surface area contributed by atoms with Crippen molar-refractivity contribution in [2.45, 2.75) is 83.6 Å². The first-order valence-electron chi connectivity index (χ1n) is 9.34. The van der Waals surface area contributed by atoms with Gasteiger partial charge in [0.2, 0.25) is 0 Å². The highest BCUT2D eigenvalue weighted by Gasteiger charge is 2.45. The summed E-state index contributed by atoms with van der Waals surface area (Å²) in [6.07, 6.45) is 3.20. The summed E-state index contributed by atoms with van der Waals surface area (Å²) >= 11 is 3.49. The number of carbonyl (C=O) groups is 1. The average Bonchev–Trinajstić information content (AvgIpc) is 2.88. The predicted molar refractivity (Wildman–Crippen MR) is 112 cm³/mol. The summed E-state index contributed by atoms with van der Waals surface area (Å²) in [5.74, 6) is 0.906. The van der Waals surface area contributed by atoms with Crippen molar-refractivity contribution in [1.29, 1.82) is 0 Å². The van der Waals surface area contributed by atoms with E-state index in [0.717, 1.165) is 31.4 Å². The third-order valence-electron chi connectivity index (χ3n) is 5.16. The van der Waals surface area contributed by atoms with Gasteiger partial charge < -0.3 is 5.11 Å². The Morgan fingerprint density at radius 1 is 1.15 bits per heavy atom. The molecule has 1 spiro atoms. The summed E-state index contributed by atoms with van der Waals surface area (Å²) in [5.41, 5.74) is 2.74. The average molecular weight is 395 g/mol. The van der Waals surface area contributed by atoms with Gasteiger partial charge in [0.05, 0.1) is 5.54 Å². The van der Waals surface area contributed by atoms with E-state index in [1.165, 1.54) is 32.6 Å². The van der Waals surface area contributed by atoms with Gasteiger partial charge >= 0.3 is 6.09 Å². The molecular weight excluding hydrogens is 364 g/mol. The number of hydrogen-bond acceptors (Lipinski definition) is 4. The number of aryl methyl sites for hydroxylation is 1.